The fourth-order valence-corrected chi connectivity index (χ4v) is 1.83. The first-order chi connectivity index (χ1) is 6.54. The van der Waals surface area contributed by atoms with E-state index in [2.05, 4.69) is 39.2 Å². The number of nitrogens with zero attached hydrogens (tertiary/aromatic N) is 1. The quantitative estimate of drug-likeness (QED) is 0.648. The lowest BCUT2D eigenvalue weighted by Gasteiger charge is -2.29. The minimum atomic E-state index is 0.595. The van der Waals surface area contributed by atoms with E-state index >= 15 is 0 Å². The smallest absolute Gasteiger partial charge is 0.0284 e. The van der Waals surface area contributed by atoms with E-state index < -0.39 is 0 Å². The van der Waals surface area contributed by atoms with E-state index in [9.17, 15) is 0 Å². The van der Waals surface area contributed by atoms with Crippen LogP contribution in [0.15, 0.2) is 12.3 Å². The molecule has 0 aromatic heterocycles. The van der Waals surface area contributed by atoms with Crippen molar-refractivity contribution in [3.63, 3.8) is 0 Å². The van der Waals surface area contributed by atoms with Crippen LogP contribution in [-0.2, 0) is 0 Å². The van der Waals surface area contributed by atoms with Crippen LogP contribution < -0.4 is 0 Å². The average molecular weight is 197 g/mol. The van der Waals surface area contributed by atoms with Gasteiger partial charge < -0.3 is 4.90 Å². The number of likely N-dealkylation sites (tertiary alicyclic amines) is 1. The van der Waals surface area contributed by atoms with Gasteiger partial charge in [0.1, 0.15) is 0 Å². The Morgan fingerprint density at radius 1 is 1.29 bits per heavy atom. The molecule has 0 aliphatic carbocycles. The molecule has 2 atom stereocenters. The monoisotopic (exact) mass is 197 g/mol. The summed E-state index contributed by atoms with van der Waals surface area (Å²) in [5, 5.41) is 0. The van der Waals surface area contributed by atoms with Crippen molar-refractivity contribution in [1.82, 2.24) is 4.90 Å². The van der Waals surface area contributed by atoms with Crippen molar-refractivity contribution in [2.75, 3.05) is 6.54 Å². The minimum Gasteiger partial charge on any atom is -0.372 e. The molecule has 84 valence electrons. The fraction of sp³-hybridized carbons (Fsp3) is 0.846. The third kappa shape index (κ3) is 3.04. The zero-order chi connectivity index (χ0) is 11.3. The number of allylic oxidation sites excluding steroid dienone is 1. The van der Waals surface area contributed by atoms with Crippen LogP contribution >= 0.6 is 0 Å². The van der Waals surface area contributed by atoms with Crippen LogP contribution in [-0.4, -0.2) is 17.5 Å². The Hall–Kier alpha value is -0.460. The first kappa shape index (κ1) is 13.5. The van der Waals surface area contributed by atoms with Crippen molar-refractivity contribution in [2.24, 2.45) is 11.8 Å². The highest BCUT2D eigenvalue weighted by Crippen LogP contribution is 2.28. The van der Waals surface area contributed by atoms with Crippen LogP contribution in [0.1, 0.15) is 48.0 Å². The van der Waals surface area contributed by atoms with E-state index in [1.165, 1.54) is 18.7 Å². The van der Waals surface area contributed by atoms with E-state index in [-0.39, 0.29) is 0 Å². The van der Waals surface area contributed by atoms with Gasteiger partial charge in [-0.3, -0.25) is 0 Å². The highest BCUT2D eigenvalue weighted by atomic mass is 15.2. The number of rotatable bonds is 2. The Morgan fingerprint density at radius 3 is 2.07 bits per heavy atom. The molecule has 1 aliphatic rings. The topological polar surface area (TPSA) is 3.24 Å². The Morgan fingerprint density at radius 2 is 1.79 bits per heavy atom. The van der Waals surface area contributed by atoms with Gasteiger partial charge >= 0.3 is 0 Å². The number of hydrogen-bond acceptors (Lipinski definition) is 1. The molecule has 0 spiro atoms. The zero-order valence-electron chi connectivity index (χ0n) is 10.8. The molecule has 0 aromatic rings. The van der Waals surface area contributed by atoms with E-state index in [1.807, 2.05) is 13.8 Å². The van der Waals surface area contributed by atoms with Crippen LogP contribution in [0.5, 0.6) is 0 Å². The van der Waals surface area contributed by atoms with Crippen molar-refractivity contribution in [3.8, 4) is 0 Å². The molecular weight excluding hydrogens is 170 g/mol. The zero-order valence-corrected chi connectivity index (χ0v) is 10.8. The molecule has 1 heterocycles. The normalized spacial score (nSPS) is 26.1. The van der Waals surface area contributed by atoms with Gasteiger partial charge in [-0.1, -0.05) is 41.2 Å². The van der Waals surface area contributed by atoms with Crippen LogP contribution in [0, 0.1) is 11.8 Å². The van der Waals surface area contributed by atoms with Gasteiger partial charge in [0.25, 0.3) is 0 Å². The molecule has 1 fully saturated rings. The lowest BCUT2D eigenvalue weighted by molar-refractivity contribution is 0.285. The predicted molar refractivity (Wildman–Crippen MR) is 65.3 cm³/mol. The molecule has 1 heteroatoms. The molecule has 14 heavy (non-hydrogen) atoms. The maximum atomic E-state index is 4.15. The molecule has 0 aromatic carbocycles. The first-order valence-corrected chi connectivity index (χ1v) is 5.99. The molecular formula is C13H27N. The highest BCUT2D eigenvalue weighted by Gasteiger charge is 2.28. The van der Waals surface area contributed by atoms with E-state index in [0.717, 1.165) is 5.92 Å². The Bertz CT molecular complexity index is 172. The van der Waals surface area contributed by atoms with Crippen molar-refractivity contribution < 1.29 is 0 Å². The van der Waals surface area contributed by atoms with Gasteiger partial charge in [0.2, 0.25) is 0 Å². The lowest BCUT2D eigenvalue weighted by Crippen LogP contribution is -2.30. The SMILES string of the molecule is C=C(C(C)C)N1CCC(C)C1C.CC. The second kappa shape index (κ2) is 6.10. The molecule has 1 rings (SSSR count). The fourth-order valence-electron chi connectivity index (χ4n) is 1.83. The van der Waals surface area contributed by atoms with Crippen molar-refractivity contribution in [1.29, 1.82) is 0 Å². The van der Waals surface area contributed by atoms with Crippen molar-refractivity contribution in [2.45, 2.75) is 54.0 Å². The van der Waals surface area contributed by atoms with Gasteiger partial charge in [-0.25, -0.2) is 0 Å². The third-order valence-electron chi connectivity index (χ3n) is 3.18. The van der Waals surface area contributed by atoms with Crippen LogP contribution in [0.4, 0.5) is 0 Å². The average Bonchev–Trinajstić information content (AvgIpc) is 2.50. The molecule has 1 nitrogen and oxygen atoms in total. The summed E-state index contributed by atoms with van der Waals surface area (Å²) >= 11 is 0. The standard InChI is InChI=1S/C11H21N.C2H6/c1-8(2)10(4)12-7-6-9(3)11(12)5;1-2/h8-9,11H,4,6-7H2,1-3,5H3;1-2H3. The van der Waals surface area contributed by atoms with Gasteiger partial charge in [-0.05, 0) is 25.2 Å². The largest absolute Gasteiger partial charge is 0.372 e. The summed E-state index contributed by atoms with van der Waals surface area (Å²) in [7, 11) is 0. The highest BCUT2D eigenvalue weighted by molar-refractivity contribution is 5.02. The minimum absolute atomic E-state index is 0.595. The Balaban J connectivity index is 0.000000791. The van der Waals surface area contributed by atoms with E-state index in [0.29, 0.717) is 12.0 Å². The summed E-state index contributed by atoms with van der Waals surface area (Å²) in [5.74, 6) is 1.43. The summed E-state index contributed by atoms with van der Waals surface area (Å²) in [4.78, 5) is 2.47. The Labute approximate surface area is 90.2 Å². The summed E-state index contributed by atoms with van der Waals surface area (Å²) in [6, 6.07) is 0.694. The van der Waals surface area contributed by atoms with Gasteiger partial charge in [0.15, 0.2) is 0 Å². The second-order valence-electron chi connectivity index (χ2n) is 4.35. The third-order valence-corrected chi connectivity index (χ3v) is 3.18. The Kier molecular flexibility index (Phi) is 5.90. The first-order valence-electron chi connectivity index (χ1n) is 5.99. The van der Waals surface area contributed by atoms with E-state index in [1.54, 1.807) is 0 Å². The van der Waals surface area contributed by atoms with E-state index in [4.69, 9.17) is 0 Å². The molecule has 0 saturated carbocycles. The van der Waals surface area contributed by atoms with Gasteiger partial charge in [0, 0.05) is 18.3 Å². The molecule has 2 unspecified atom stereocenters. The summed E-state index contributed by atoms with van der Waals surface area (Å²) in [6.45, 7) is 18.4. The maximum Gasteiger partial charge on any atom is 0.0284 e. The molecule has 1 aliphatic heterocycles. The number of hydrogen-bond donors (Lipinski definition) is 0. The lowest BCUT2D eigenvalue weighted by atomic mass is 10.0. The van der Waals surface area contributed by atoms with Crippen LogP contribution in [0.2, 0.25) is 0 Å². The molecule has 0 radical (unpaired) electrons. The van der Waals surface area contributed by atoms with Crippen LogP contribution in [0.3, 0.4) is 0 Å². The summed E-state index contributed by atoms with van der Waals surface area (Å²) in [5.41, 5.74) is 1.31. The summed E-state index contributed by atoms with van der Waals surface area (Å²) < 4.78 is 0. The molecule has 1 saturated heterocycles. The summed E-state index contributed by atoms with van der Waals surface area (Å²) in [6.07, 6.45) is 1.33. The van der Waals surface area contributed by atoms with Crippen LogP contribution in [0.25, 0.3) is 0 Å². The van der Waals surface area contributed by atoms with Gasteiger partial charge in [-0.2, -0.15) is 0 Å². The van der Waals surface area contributed by atoms with Gasteiger partial charge in [-0.15, -0.1) is 0 Å². The molecule has 0 amide bonds. The van der Waals surface area contributed by atoms with Crippen molar-refractivity contribution >= 4 is 0 Å². The molecule has 0 bridgehead atoms. The maximum absolute atomic E-state index is 4.15. The van der Waals surface area contributed by atoms with Crippen molar-refractivity contribution in [3.05, 3.63) is 12.3 Å². The second-order valence-corrected chi connectivity index (χ2v) is 4.35. The predicted octanol–water partition coefficient (Wildman–Crippen LogP) is 3.91. The molecule has 0 N–H and O–H groups in total. The van der Waals surface area contributed by atoms with Gasteiger partial charge in [0.05, 0.1) is 0 Å².